The van der Waals surface area contributed by atoms with Crippen molar-refractivity contribution in [2.24, 2.45) is 5.92 Å². The van der Waals surface area contributed by atoms with Crippen molar-refractivity contribution in [3.8, 4) is 0 Å². The van der Waals surface area contributed by atoms with Crippen molar-refractivity contribution in [1.29, 1.82) is 0 Å². The van der Waals surface area contributed by atoms with Gasteiger partial charge in [0.05, 0.1) is 0 Å². The van der Waals surface area contributed by atoms with E-state index < -0.39 is 0 Å². The number of carbonyl (C=O) groups excluding carboxylic acids is 1. The summed E-state index contributed by atoms with van der Waals surface area (Å²) in [4.78, 5) is 11.0. The summed E-state index contributed by atoms with van der Waals surface area (Å²) in [5, 5.41) is 0. The molecule has 1 saturated carbocycles. The van der Waals surface area contributed by atoms with E-state index in [2.05, 4.69) is 10.9 Å². The molecule has 0 saturated heterocycles. The summed E-state index contributed by atoms with van der Waals surface area (Å²) in [7, 11) is 1.72. The average Bonchev–Trinajstić information content (AvgIpc) is 2.57. The minimum absolute atomic E-state index is 0.112. The highest BCUT2D eigenvalue weighted by atomic mass is 16.2. The van der Waals surface area contributed by atoms with Crippen molar-refractivity contribution < 1.29 is 4.79 Å². The van der Waals surface area contributed by atoms with Crippen LogP contribution in [0.25, 0.3) is 0 Å². The molecule has 0 bridgehead atoms. The third kappa shape index (κ3) is 4.27. The van der Waals surface area contributed by atoms with Crippen LogP contribution in [0.1, 0.15) is 44.9 Å². The molecule has 13 heavy (non-hydrogen) atoms. The Kier molecular flexibility index (Phi) is 4.83. The summed E-state index contributed by atoms with van der Waals surface area (Å²) in [6, 6.07) is 0. The lowest BCUT2D eigenvalue weighted by molar-refractivity contribution is -0.122. The Bertz CT molecular complexity index is 153. The maximum Gasteiger partial charge on any atom is 0.234 e. The first-order valence-electron chi connectivity index (χ1n) is 5.28. The van der Waals surface area contributed by atoms with E-state index in [0.717, 1.165) is 12.3 Å². The van der Waals surface area contributed by atoms with Crippen LogP contribution in [0.4, 0.5) is 0 Å². The molecular formula is C10H20N2O. The molecular weight excluding hydrogens is 164 g/mol. The van der Waals surface area contributed by atoms with Gasteiger partial charge in [0.1, 0.15) is 0 Å². The lowest BCUT2D eigenvalue weighted by atomic mass is 10.0. The fourth-order valence-electron chi connectivity index (χ4n) is 2.05. The smallest absolute Gasteiger partial charge is 0.234 e. The Morgan fingerprint density at radius 1 is 1.38 bits per heavy atom. The molecule has 1 aliphatic rings. The van der Waals surface area contributed by atoms with Crippen LogP contribution in [0.15, 0.2) is 0 Å². The average molecular weight is 184 g/mol. The van der Waals surface area contributed by atoms with Gasteiger partial charge in [-0.2, -0.15) is 0 Å². The number of nitrogens with one attached hydrogen (secondary N) is 2. The van der Waals surface area contributed by atoms with Gasteiger partial charge in [-0.25, -0.2) is 5.43 Å². The SMILES string of the molecule is CNNC(=O)CCCC1CCCC1. The minimum Gasteiger partial charge on any atom is -0.292 e. The maximum absolute atomic E-state index is 11.0. The number of hydrogen-bond donors (Lipinski definition) is 2. The van der Waals surface area contributed by atoms with E-state index in [9.17, 15) is 4.79 Å². The second-order valence-electron chi connectivity index (χ2n) is 3.84. The zero-order valence-electron chi connectivity index (χ0n) is 8.44. The number of hydrazine groups is 1. The van der Waals surface area contributed by atoms with E-state index in [0.29, 0.717) is 6.42 Å². The molecule has 3 heteroatoms. The van der Waals surface area contributed by atoms with E-state index in [1.807, 2.05) is 0 Å². The van der Waals surface area contributed by atoms with Crippen LogP contribution in [0.3, 0.4) is 0 Å². The highest BCUT2D eigenvalue weighted by Crippen LogP contribution is 2.28. The molecule has 0 aromatic carbocycles. The first-order valence-corrected chi connectivity index (χ1v) is 5.28. The Balaban J connectivity index is 1.96. The van der Waals surface area contributed by atoms with Crippen LogP contribution in [-0.4, -0.2) is 13.0 Å². The van der Waals surface area contributed by atoms with Gasteiger partial charge in [-0.15, -0.1) is 0 Å². The monoisotopic (exact) mass is 184 g/mol. The number of amides is 1. The van der Waals surface area contributed by atoms with Gasteiger partial charge in [-0.1, -0.05) is 25.7 Å². The van der Waals surface area contributed by atoms with Crippen molar-refractivity contribution in [3.63, 3.8) is 0 Å². The third-order valence-corrected chi connectivity index (χ3v) is 2.76. The third-order valence-electron chi connectivity index (χ3n) is 2.76. The van der Waals surface area contributed by atoms with Crippen molar-refractivity contribution >= 4 is 5.91 Å². The molecule has 3 nitrogen and oxygen atoms in total. The lowest BCUT2D eigenvalue weighted by Crippen LogP contribution is -2.33. The fraction of sp³-hybridized carbons (Fsp3) is 0.900. The summed E-state index contributed by atoms with van der Waals surface area (Å²) in [6.45, 7) is 0. The van der Waals surface area contributed by atoms with Crippen LogP contribution in [0.5, 0.6) is 0 Å². The van der Waals surface area contributed by atoms with E-state index in [1.165, 1.54) is 32.1 Å². The molecule has 1 rings (SSSR count). The standard InChI is InChI=1S/C10H20N2O/c1-11-12-10(13)8-4-7-9-5-2-3-6-9/h9,11H,2-8H2,1H3,(H,12,13). The van der Waals surface area contributed by atoms with Crippen molar-refractivity contribution in [1.82, 2.24) is 10.9 Å². The normalized spacial score (nSPS) is 17.6. The Morgan fingerprint density at radius 2 is 2.08 bits per heavy atom. The summed E-state index contributed by atoms with van der Waals surface area (Å²) in [6.07, 6.45) is 8.49. The topological polar surface area (TPSA) is 41.1 Å². The fourth-order valence-corrected chi connectivity index (χ4v) is 2.05. The van der Waals surface area contributed by atoms with Crippen LogP contribution in [0, 0.1) is 5.92 Å². The molecule has 0 aliphatic heterocycles. The van der Waals surface area contributed by atoms with E-state index in [4.69, 9.17) is 0 Å². The van der Waals surface area contributed by atoms with E-state index in [1.54, 1.807) is 7.05 Å². The first kappa shape index (κ1) is 10.5. The molecule has 0 atom stereocenters. The number of rotatable bonds is 5. The highest BCUT2D eigenvalue weighted by Gasteiger charge is 2.14. The van der Waals surface area contributed by atoms with Crippen LogP contribution >= 0.6 is 0 Å². The molecule has 0 heterocycles. The molecule has 2 N–H and O–H groups in total. The van der Waals surface area contributed by atoms with E-state index in [-0.39, 0.29) is 5.91 Å². The summed E-state index contributed by atoms with van der Waals surface area (Å²) >= 11 is 0. The van der Waals surface area contributed by atoms with Gasteiger partial charge in [0, 0.05) is 13.5 Å². The van der Waals surface area contributed by atoms with Gasteiger partial charge in [-0.05, 0) is 18.8 Å². The van der Waals surface area contributed by atoms with Gasteiger partial charge in [0.15, 0.2) is 0 Å². The predicted octanol–water partition coefficient (Wildman–Crippen LogP) is 1.60. The lowest BCUT2D eigenvalue weighted by Gasteiger charge is -2.07. The van der Waals surface area contributed by atoms with Gasteiger partial charge < -0.3 is 0 Å². The molecule has 0 unspecified atom stereocenters. The molecule has 0 aromatic heterocycles. The maximum atomic E-state index is 11.0. The summed E-state index contributed by atoms with van der Waals surface area (Å²) in [5.41, 5.74) is 5.23. The zero-order chi connectivity index (χ0) is 9.52. The van der Waals surface area contributed by atoms with Crippen LogP contribution < -0.4 is 10.9 Å². The Hall–Kier alpha value is -0.570. The van der Waals surface area contributed by atoms with Crippen LogP contribution in [0.2, 0.25) is 0 Å². The predicted molar refractivity (Wildman–Crippen MR) is 53.0 cm³/mol. The largest absolute Gasteiger partial charge is 0.292 e. The molecule has 1 fully saturated rings. The van der Waals surface area contributed by atoms with Gasteiger partial charge in [-0.3, -0.25) is 10.2 Å². The summed E-state index contributed by atoms with van der Waals surface area (Å²) < 4.78 is 0. The molecule has 0 aromatic rings. The van der Waals surface area contributed by atoms with Crippen LogP contribution in [-0.2, 0) is 4.79 Å². The zero-order valence-corrected chi connectivity index (χ0v) is 8.44. The van der Waals surface area contributed by atoms with E-state index >= 15 is 0 Å². The Labute approximate surface area is 80.2 Å². The number of carbonyl (C=O) groups is 1. The first-order chi connectivity index (χ1) is 6.33. The van der Waals surface area contributed by atoms with Crippen molar-refractivity contribution in [2.75, 3.05) is 7.05 Å². The molecule has 1 amide bonds. The molecule has 1 aliphatic carbocycles. The number of hydrogen-bond acceptors (Lipinski definition) is 2. The van der Waals surface area contributed by atoms with Gasteiger partial charge in [0.2, 0.25) is 5.91 Å². The second kappa shape index (κ2) is 5.97. The summed E-state index contributed by atoms with van der Waals surface area (Å²) in [5.74, 6) is 1.02. The quantitative estimate of drug-likeness (QED) is 0.637. The molecule has 0 spiro atoms. The Morgan fingerprint density at radius 3 is 2.69 bits per heavy atom. The minimum atomic E-state index is 0.112. The van der Waals surface area contributed by atoms with Gasteiger partial charge >= 0.3 is 0 Å². The highest BCUT2D eigenvalue weighted by molar-refractivity contribution is 5.75. The van der Waals surface area contributed by atoms with Crippen molar-refractivity contribution in [3.05, 3.63) is 0 Å². The van der Waals surface area contributed by atoms with Crippen molar-refractivity contribution in [2.45, 2.75) is 44.9 Å². The van der Waals surface area contributed by atoms with Gasteiger partial charge in [0.25, 0.3) is 0 Å². The second-order valence-corrected chi connectivity index (χ2v) is 3.84. The molecule has 0 radical (unpaired) electrons. The molecule has 76 valence electrons.